The standard InChI is InChI=1S/C15H29N3O2/c1-11(2)14(20)16-9-13(19)17(5)10-12-7-8-18(6)15(12,3)4/h11-12H,7-10H2,1-6H3,(H,16,20)/t12-/m0/s1. The van der Waals surface area contributed by atoms with Gasteiger partial charge in [-0.1, -0.05) is 13.8 Å². The molecule has 5 heteroatoms. The number of hydrogen-bond donors (Lipinski definition) is 1. The molecule has 0 bridgehead atoms. The van der Waals surface area contributed by atoms with Crippen LogP contribution in [0.5, 0.6) is 0 Å². The number of carbonyl (C=O) groups is 2. The Balaban J connectivity index is 2.45. The van der Waals surface area contributed by atoms with Crippen LogP contribution in [0.25, 0.3) is 0 Å². The van der Waals surface area contributed by atoms with Gasteiger partial charge in [0, 0.05) is 25.0 Å². The molecule has 0 saturated carbocycles. The zero-order chi connectivity index (χ0) is 15.5. The fourth-order valence-corrected chi connectivity index (χ4v) is 2.55. The highest BCUT2D eigenvalue weighted by Gasteiger charge is 2.39. The lowest BCUT2D eigenvalue weighted by atomic mass is 9.88. The number of nitrogens with one attached hydrogen (secondary N) is 1. The van der Waals surface area contributed by atoms with Crippen LogP contribution in [-0.2, 0) is 9.59 Å². The predicted molar refractivity (Wildman–Crippen MR) is 80.3 cm³/mol. The monoisotopic (exact) mass is 283 g/mol. The average Bonchev–Trinajstić information content (AvgIpc) is 2.61. The molecule has 1 aliphatic heterocycles. The number of likely N-dealkylation sites (N-methyl/N-ethyl adjacent to an activating group) is 1. The van der Waals surface area contributed by atoms with Crippen molar-refractivity contribution in [3.8, 4) is 0 Å². The highest BCUT2D eigenvalue weighted by molar-refractivity contribution is 5.85. The smallest absolute Gasteiger partial charge is 0.241 e. The van der Waals surface area contributed by atoms with Crippen LogP contribution in [0.4, 0.5) is 0 Å². The van der Waals surface area contributed by atoms with Crippen molar-refractivity contribution in [3.63, 3.8) is 0 Å². The van der Waals surface area contributed by atoms with Crippen LogP contribution in [0.1, 0.15) is 34.1 Å². The molecule has 20 heavy (non-hydrogen) atoms. The van der Waals surface area contributed by atoms with Gasteiger partial charge in [-0.2, -0.15) is 0 Å². The molecule has 0 aliphatic carbocycles. The molecule has 0 aromatic carbocycles. The number of amides is 2. The van der Waals surface area contributed by atoms with E-state index in [0.717, 1.165) is 19.5 Å². The van der Waals surface area contributed by atoms with Crippen LogP contribution in [0, 0.1) is 11.8 Å². The maximum absolute atomic E-state index is 12.0. The minimum Gasteiger partial charge on any atom is -0.347 e. The van der Waals surface area contributed by atoms with E-state index >= 15 is 0 Å². The quantitative estimate of drug-likeness (QED) is 0.817. The first kappa shape index (κ1) is 17.0. The highest BCUT2D eigenvalue weighted by atomic mass is 16.2. The topological polar surface area (TPSA) is 52.7 Å². The van der Waals surface area contributed by atoms with Gasteiger partial charge in [-0.05, 0) is 39.8 Å². The molecule has 0 aromatic rings. The Bertz CT molecular complexity index is 366. The van der Waals surface area contributed by atoms with Crippen LogP contribution in [0.15, 0.2) is 0 Å². The molecule has 0 aromatic heterocycles. The minimum atomic E-state index is -0.0875. The largest absolute Gasteiger partial charge is 0.347 e. The first-order chi connectivity index (χ1) is 9.16. The van der Waals surface area contributed by atoms with Crippen molar-refractivity contribution in [1.29, 1.82) is 0 Å². The summed E-state index contributed by atoms with van der Waals surface area (Å²) in [6, 6.07) is 0. The Morgan fingerprint density at radius 1 is 1.40 bits per heavy atom. The van der Waals surface area contributed by atoms with Crippen molar-refractivity contribution >= 4 is 11.8 Å². The summed E-state index contributed by atoms with van der Waals surface area (Å²) in [5.41, 5.74) is 0.121. The van der Waals surface area contributed by atoms with Gasteiger partial charge in [-0.25, -0.2) is 0 Å². The zero-order valence-electron chi connectivity index (χ0n) is 13.7. The molecule has 1 fully saturated rings. The summed E-state index contributed by atoms with van der Waals surface area (Å²) in [4.78, 5) is 27.6. The number of nitrogens with zero attached hydrogens (tertiary/aromatic N) is 2. The lowest BCUT2D eigenvalue weighted by Crippen LogP contribution is -2.46. The van der Waals surface area contributed by atoms with Gasteiger partial charge in [-0.15, -0.1) is 0 Å². The van der Waals surface area contributed by atoms with Crippen molar-refractivity contribution in [1.82, 2.24) is 15.1 Å². The first-order valence-corrected chi connectivity index (χ1v) is 7.39. The van der Waals surface area contributed by atoms with Crippen LogP contribution in [-0.4, -0.2) is 60.9 Å². The summed E-state index contributed by atoms with van der Waals surface area (Å²) in [6.07, 6.45) is 1.11. The van der Waals surface area contributed by atoms with Crippen molar-refractivity contribution in [2.24, 2.45) is 11.8 Å². The number of likely N-dealkylation sites (tertiary alicyclic amines) is 1. The van der Waals surface area contributed by atoms with Crippen LogP contribution in [0.3, 0.4) is 0 Å². The lowest BCUT2D eigenvalue weighted by Gasteiger charge is -2.35. The second-order valence-electron chi connectivity index (χ2n) is 6.71. The van der Waals surface area contributed by atoms with E-state index in [0.29, 0.717) is 5.92 Å². The molecule has 5 nitrogen and oxygen atoms in total. The van der Waals surface area contributed by atoms with Crippen LogP contribution >= 0.6 is 0 Å². The summed E-state index contributed by atoms with van der Waals surface area (Å²) in [5.74, 6) is 0.287. The Hall–Kier alpha value is -1.10. The zero-order valence-corrected chi connectivity index (χ0v) is 13.7. The summed E-state index contributed by atoms with van der Waals surface area (Å²) in [5, 5.41) is 2.68. The minimum absolute atomic E-state index is 0.0237. The fourth-order valence-electron chi connectivity index (χ4n) is 2.55. The van der Waals surface area contributed by atoms with Crippen molar-refractivity contribution in [3.05, 3.63) is 0 Å². The van der Waals surface area contributed by atoms with Crippen LogP contribution in [0.2, 0.25) is 0 Å². The number of carbonyl (C=O) groups excluding carboxylic acids is 2. The van der Waals surface area contributed by atoms with Gasteiger partial charge in [0.05, 0.1) is 6.54 Å². The maximum atomic E-state index is 12.0. The van der Waals surface area contributed by atoms with Crippen LogP contribution < -0.4 is 5.32 Å². The number of rotatable bonds is 5. The van der Waals surface area contributed by atoms with E-state index in [2.05, 4.69) is 31.1 Å². The van der Waals surface area contributed by atoms with E-state index in [1.807, 2.05) is 20.9 Å². The van der Waals surface area contributed by atoms with Gasteiger partial charge in [0.25, 0.3) is 0 Å². The molecule has 1 saturated heterocycles. The normalized spacial score (nSPS) is 22.1. The lowest BCUT2D eigenvalue weighted by molar-refractivity contribution is -0.133. The summed E-state index contributed by atoms with van der Waals surface area (Å²) < 4.78 is 0. The van der Waals surface area contributed by atoms with Gasteiger partial charge in [0.2, 0.25) is 11.8 Å². The molecule has 116 valence electrons. The summed E-state index contributed by atoms with van der Waals surface area (Å²) >= 11 is 0. The second-order valence-corrected chi connectivity index (χ2v) is 6.71. The predicted octanol–water partition coefficient (Wildman–Crippen LogP) is 0.947. The van der Waals surface area contributed by atoms with E-state index < -0.39 is 0 Å². The first-order valence-electron chi connectivity index (χ1n) is 7.39. The Morgan fingerprint density at radius 3 is 2.45 bits per heavy atom. The third-order valence-corrected chi connectivity index (χ3v) is 4.65. The average molecular weight is 283 g/mol. The maximum Gasteiger partial charge on any atom is 0.241 e. The van der Waals surface area contributed by atoms with E-state index in [4.69, 9.17) is 0 Å². The third-order valence-electron chi connectivity index (χ3n) is 4.65. The van der Waals surface area contributed by atoms with Crippen molar-refractivity contribution < 1.29 is 9.59 Å². The Kier molecular flexibility index (Phi) is 5.57. The SMILES string of the molecule is CC(C)C(=O)NCC(=O)N(C)C[C@@H]1CCN(C)C1(C)C. The van der Waals surface area contributed by atoms with Gasteiger partial charge in [0.15, 0.2) is 0 Å². The highest BCUT2D eigenvalue weighted by Crippen LogP contribution is 2.33. The molecule has 1 aliphatic rings. The molecule has 1 heterocycles. The molecule has 1 atom stereocenters. The molecule has 1 rings (SSSR count). The molecule has 0 spiro atoms. The third kappa shape index (κ3) is 3.95. The second kappa shape index (κ2) is 6.57. The van der Waals surface area contributed by atoms with Gasteiger partial charge in [0.1, 0.15) is 0 Å². The Labute approximate surface area is 122 Å². The van der Waals surface area contributed by atoms with E-state index in [-0.39, 0.29) is 29.8 Å². The molecule has 0 radical (unpaired) electrons. The number of hydrogen-bond acceptors (Lipinski definition) is 3. The Morgan fingerprint density at radius 2 is 2.00 bits per heavy atom. The van der Waals surface area contributed by atoms with E-state index in [1.165, 1.54) is 0 Å². The molecular weight excluding hydrogens is 254 g/mol. The molecule has 1 N–H and O–H groups in total. The van der Waals surface area contributed by atoms with E-state index in [1.54, 1.807) is 4.90 Å². The van der Waals surface area contributed by atoms with Gasteiger partial charge >= 0.3 is 0 Å². The molecule has 2 amide bonds. The van der Waals surface area contributed by atoms with Crippen molar-refractivity contribution in [2.45, 2.75) is 39.7 Å². The summed E-state index contributed by atoms with van der Waals surface area (Å²) in [6.45, 7) is 10.0. The summed E-state index contributed by atoms with van der Waals surface area (Å²) in [7, 11) is 3.95. The van der Waals surface area contributed by atoms with Gasteiger partial charge < -0.3 is 15.1 Å². The molecular formula is C15H29N3O2. The van der Waals surface area contributed by atoms with Gasteiger partial charge in [-0.3, -0.25) is 9.59 Å². The fraction of sp³-hybridized carbons (Fsp3) is 0.867. The van der Waals surface area contributed by atoms with Crippen molar-refractivity contribution in [2.75, 3.05) is 33.7 Å². The van der Waals surface area contributed by atoms with E-state index in [9.17, 15) is 9.59 Å². The molecule has 0 unspecified atom stereocenters.